The van der Waals surface area contributed by atoms with Crippen molar-refractivity contribution in [2.24, 2.45) is 0 Å². The van der Waals surface area contributed by atoms with Crippen molar-refractivity contribution in [1.82, 2.24) is 0 Å². The molecule has 0 saturated heterocycles. The van der Waals surface area contributed by atoms with Gasteiger partial charge in [0.2, 0.25) is 0 Å². The summed E-state index contributed by atoms with van der Waals surface area (Å²) in [5.74, 6) is 0. The molecule has 0 heterocycles. The predicted molar refractivity (Wildman–Crippen MR) is 65.9 cm³/mol. The number of benzene rings is 1. The van der Waals surface area contributed by atoms with Crippen LogP contribution in [0.5, 0.6) is 0 Å². The Balaban J connectivity index is 2.71. The molecular weight excluding hydrogens is 218 g/mol. The molecule has 1 aromatic rings. The van der Waals surface area contributed by atoms with E-state index in [0.717, 1.165) is 12.2 Å². The molecule has 1 rings (SSSR count). The fraction of sp³-hybridized carbons (Fsp3) is 0.111. The van der Waals surface area contributed by atoms with E-state index in [1.54, 1.807) is 10.8 Å². The SMILES string of the molecule is C=CCNc1ccccc1SS[S-]. The van der Waals surface area contributed by atoms with Gasteiger partial charge in [-0.2, -0.15) is 0 Å². The topological polar surface area (TPSA) is 12.0 Å². The molecule has 0 amide bonds. The molecule has 70 valence electrons. The third kappa shape index (κ3) is 3.58. The fourth-order valence-electron chi connectivity index (χ4n) is 0.904. The summed E-state index contributed by atoms with van der Waals surface area (Å²) in [4.78, 5) is 1.17. The van der Waals surface area contributed by atoms with Crippen LogP contribution in [0.25, 0.3) is 0 Å². The molecular formula is C9H10NS3-. The maximum Gasteiger partial charge on any atom is 0.0488 e. The quantitative estimate of drug-likeness (QED) is 0.470. The minimum absolute atomic E-state index is 0.777. The van der Waals surface area contributed by atoms with Gasteiger partial charge in [0.15, 0.2) is 0 Å². The summed E-state index contributed by atoms with van der Waals surface area (Å²) in [6.07, 6.45) is 1.84. The molecule has 1 nitrogen and oxygen atoms in total. The summed E-state index contributed by atoms with van der Waals surface area (Å²) >= 11 is 4.84. The van der Waals surface area contributed by atoms with Gasteiger partial charge in [0, 0.05) is 17.1 Å². The summed E-state index contributed by atoms with van der Waals surface area (Å²) in [7, 11) is 2.92. The Morgan fingerprint density at radius 3 is 2.92 bits per heavy atom. The molecule has 0 aliphatic heterocycles. The van der Waals surface area contributed by atoms with E-state index >= 15 is 0 Å². The Labute approximate surface area is 91.6 Å². The Morgan fingerprint density at radius 1 is 1.46 bits per heavy atom. The number of nitrogens with one attached hydrogen (secondary N) is 1. The second kappa shape index (κ2) is 6.29. The van der Waals surface area contributed by atoms with Crippen molar-refractivity contribution in [2.45, 2.75) is 4.90 Å². The smallest absolute Gasteiger partial charge is 0.0488 e. The van der Waals surface area contributed by atoms with Gasteiger partial charge in [-0.25, -0.2) is 0 Å². The number of anilines is 1. The number of para-hydroxylation sites is 1. The molecule has 13 heavy (non-hydrogen) atoms. The molecule has 0 saturated carbocycles. The zero-order chi connectivity index (χ0) is 9.52. The monoisotopic (exact) mass is 228 g/mol. The normalized spacial score (nSPS) is 9.62. The molecule has 0 atom stereocenters. The highest BCUT2D eigenvalue weighted by Crippen LogP contribution is 2.34. The third-order valence-electron chi connectivity index (χ3n) is 1.45. The van der Waals surface area contributed by atoms with E-state index in [0.29, 0.717) is 0 Å². The molecule has 0 aliphatic carbocycles. The van der Waals surface area contributed by atoms with Crippen molar-refractivity contribution in [3.63, 3.8) is 0 Å². The number of hydrogen-bond acceptors (Lipinski definition) is 4. The van der Waals surface area contributed by atoms with Gasteiger partial charge in [0.05, 0.1) is 0 Å². The van der Waals surface area contributed by atoms with Crippen LogP contribution in [0, 0.1) is 0 Å². The van der Waals surface area contributed by atoms with Crippen molar-refractivity contribution in [3.05, 3.63) is 36.9 Å². The van der Waals surface area contributed by atoms with E-state index in [1.165, 1.54) is 14.7 Å². The van der Waals surface area contributed by atoms with Gasteiger partial charge in [0.25, 0.3) is 0 Å². The molecule has 0 spiro atoms. The molecule has 0 bridgehead atoms. The predicted octanol–water partition coefficient (Wildman–Crippen LogP) is 3.49. The highest BCUT2D eigenvalue weighted by molar-refractivity contribution is 9.00. The van der Waals surface area contributed by atoms with E-state index in [9.17, 15) is 0 Å². The lowest BCUT2D eigenvalue weighted by Gasteiger charge is -2.11. The van der Waals surface area contributed by atoms with Crippen LogP contribution < -0.4 is 5.32 Å². The van der Waals surface area contributed by atoms with Crippen LogP contribution in [0.3, 0.4) is 0 Å². The van der Waals surface area contributed by atoms with E-state index in [2.05, 4.69) is 18.0 Å². The molecule has 1 N–H and O–H groups in total. The van der Waals surface area contributed by atoms with E-state index in [1.807, 2.05) is 24.3 Å². The summed E-state index contributed by atoms with van der Waals surface area (Å²) in [5, 5.41) is 3.25. The highest BCUT2D eigenvalue weighted by atomic mass is 33.5. The first kappa shape index (κ1) is 10.9. The Hall–Kier alpha value is -0.190. The van der Waals surface area contributed by atoms with Gasteiger partial charge in [-0.1, -0.05) is 29.0 Å². The zero-order valence-corrected chi connectivity index (χ0v) is 9.48. The Kier molecular flexibility index (Phi) is 5.27. The zero-order valence-electron chi connectivity index (χ0n) is 7.03. The standard InChI is InChI=1S/C9H11NS3/c1-2-7-10-8-5-3-4-6-9(8)12-13-11/h2-6,10-11H,1,7H2/p-1. The van der Waals surface area contributed by atoms with Crippen molar-refractivity contribution < 1.29 is 0 Å². The lowest BCUT2D eigenvalue weighted by atomic mass is 10.3. The van der Waals surface area contributed by atoms with Gasteiger partial charge >= 0.3 is 0 Å². The van der Waals surface area contributed by atoms with Crippen LogP contribution in [0.1, 0.15) is 0 Å². The van der Waals surface area contributed by atoms with Gasteiger partial charge in [-0.3, -0.25) is 9.83 Å². The second-order valence-corrected chi connectivity index (χ2v) is 5.19. The molecule has 0 fully saturated rings. The van der Waals surface area contributed by atoms with Crippen LogP contribution >= 0.6 is 20.6 Å². The first-order chi connectivity index (χ1) is 6.38. The van der Waals surface area contributed by atoms with Crippen molar-refractivity contribution in [1.29, 1.82) is 0 Å². The van der Waals surface area contributed by atoms with E-state index in [-0.39, 0.29) is 0 Å². The van der Waals surface area contributed by atoms with Gasteiger partial charge in [-0.05, 0) is 12.1 Å². The van der Waals surface area contributed by atoms with Gasteiger partial charge in [0.1, 0.15) is 0 Å². The van der Waals surface area contributed by atoms with E-state index < -0.39 is 0 Å². The summed E-state index contributed by atoms with van der Waals surface area (Å²) in [5.41, 5.74) is 1.12. The molecule has 0 radical (unpaired) electrons. The van der Waals surface area contributed by atoms with Gasteiger partial charge < -0.3 is 17.0 Å². The maximum atomic E-state index is 4.84. The van der Waals surface area contributed by atoms with Crippen LogP contribution in [-0.4, -0.2) is 6.54 Å². The van der Waals surface area contributed by atoms with Crippen molar-refractivity contribution in [3.8, 4) is 0 Å². The number of hydrogen-bond donors (Lipinski definition) is 1. The average Bonchev–Trinajstić information content (AvgIpc) is 2.17. The van der Waals surface area contributed by atoms with Gasteiger partial charge in [-0.15, -0.1) is 6.58 Å². The minimum Gasteiger partial charge on any atom is -0.707 e. The third-order valence-corrected chi connectivity index (χ3v) is 3.41. The maximum absolute atomic E-state index is 4.84. The first-order valence-corrected chi connectivity index (χ1v) is 6.86. The summed E-state index contributed by atoms with van der Waals surface area (Å²) in [6, 6.07) is 8.10. The molecule has 0 unspecified atom stereocenters. The van der Waals surface area contributed by atoms with E-state index in [4.69, 9.17) is 11.7 Å². The largest absolute Gasteiger partial charge is 0.707 e. The molecule has 1 aromatic carbocycles. The first-order valence-electron chi connectivity index (χ1n) is 3.78. The van der Waals surface area contributed by atoms with Crippen molar-refractivity contribution in [2.75, 3.05) is 11.9 Å². The lowest BCUT2D eigenvalue weighted by molar-refractivity contribution is 1.29. The lowest BCUT2D eigenvalue weighted by Crippen LogP contribution is -1.98. The van der Waals surface area contributed by atoms with Crippen molar-refractivity contribution >= 4 is 38.0 Å². The molecule has 0 aromatic heterocycles. The summed E-state index contributed by atoms with van der Waals surface area (Å²) < 4.78 is 0. The van der Waals surface area contributed by atoms with Crippen LogP contribution in [-0.2, 0) is 11.7 Å². The fourth-order valence-corrected chi connectivity index (χ4v) is 2.66. The Morgan fingerprint density at radius 2 is 2.23 bits per heavy atom. The second-order valence-electron chi connectivity index (χ2n) is 2.32. The number of rotatable bonds is 5. The highest BCUT2D eigenvalue weighted by Gasteiger charge is 1.97. The Bertz CT molecular complexity index is 275. The molecule has 0 aliphatic rings. The molecule has 4 heteroatoms. The van der Waals surface area contributed by atoms with Crippen LogP contribution in [0.15, 0.2) is 41.8 Å². The minimum atomic E-state index is 0.777. The average molecular weight is 228 g/mol. The van der Waals surface area contributed by atoms with Crippen LogP contribution in [0.2, 0.25) is 0 Å². The van der Waals surface area contributed by atoms with Crippen LogP contribution in [0.4, 0.5) is 5.69 Å². The summed E-state index contributed by atoms with van der Waals surface area (Å²) in [6.45, 7) is 4.43.